The van der Waals surface area contributed by atoms with E-state index in [1.807, 2.05) is 6.92 Å². The van der Waals surface area contributed by atoms with Crippen LogP contribution in [-0.2, 0) is 9.59 Å². The second-order valence-electron chi connectivity index (χ2n) is 3.07. The average Bonchev–Trinajstić information content (AvgIpc) is 2.29. The van der Waals surface area contributed by atoms with Gasteiger partial charge < -0.3 is 10.0 Å². The molecule has 1 aliphatic rings. The van der Waals surface area contributed by atoms with Crippen molar-refractivity contribution in [1.82, 2.24) is 4.90 Å². The molecule has 1 fully saturated rings. The monoisotopic (exact) mass is 169 g/mol. The zero-order valence-corrected chi connectivity index (χ0v) is 7.07. The summed E-state index contributed by atoms with van der Waals surface area (Å²) in [5, 5.41) is 8.72. The van der Waals surface area contributed by atoms with Crippen molar-refractivity contribution >= 4 is 11.9 Å². The molecule has 0 amide bonds. The lowest BCUT2D eigenvalue weighted by Crippen LogP contribution is -2.21. The molecule has 4 heteroatoms. The largest absolute Gasteiger partial charge is 0.481 e. The molecule has 0 aromatic rings. The highest BCUT2D eigenvalue weighted by atomic mass is 16.4. The average molecular weight is 169 g/mol. The summed E-state index contributed by atoms with van der Waals surface area (Å²) in [6.07, 6.45) is 0.496. The topological polar surface area (TPSA) is 57.6 Å². The molecule has 0 aromatic heterocycles. The highest BCUT2D eigenvalue weighted by Gasteiger charge is 2.36. The number of rotatable bonds is 1. The van der Waals surface area contributed by atoms with E-state index in [-0.39, 0.29) is 11.7 Å². The summed E-state index contributed by atoms with van der Waals surface area (Å²) in [6.45, 7) is 1.89. The van der Waals surface area contributed by atoms with Crippen molar-refractivity contribution in [2.45, 2.75) is 19.4 Å². The van der Waals surface area contributed by atoms with Gasteiger partial charge in [0.25, 0.3) is 0 Å². The lowest BCUT2D eigenvalue weighted by atomic mass is 10.1. The lowest BCUT2D eigenvalue weighted by molar-refractivity contribution is -0.140. The van der Waals surface area contributed by atoms with Crippen LogP contribution in [0.3, 0.4) is 0 Å². The van der Waals surface area contributed by atoms with Gasteiger partial charge in [0.05, 0.1) is 0 Å². The summed E-state index contributed by atoms with van der Waals surface area (Å²) in [6, 6.07) is 0.113. The Balaban J connectivity index is 2.94. The van der Waals surface area contributed by atoms with Gasteiger partial charge in [-0.1, -0.05) is 0 Å². The maximum Gasteiger partial charge on any atom is 0.313 e. The van der Waals surface area contributed by atoms with Gasteiger partial charge in [0.1, 0.15) is 17.6 Å². The first-order valence-corrected chi connectivity index (χ1v) is 3.78. The van der Waals surface area contributed by atoms with Gasteiger partial charge in [-0.25, -0.2) is 4.79 Å². The number of hydrogen-bond donors (Lipinski definition) is 1. The number of likely N-dealkylation sites (tertiary alicyclic amines) is 1. The SMILES string of the molecule is CC1CC(C(=O)O)C(=C=O)N1C. The fourth-order valence-electron chi connectivity index (χ4n) is 1.45. The smallest absolute Gasteiger partial charge is 0.313 e. The molecule has 0 radical (unpaired) electrons. The Hall–Kier alpha value is -1.28. The molecule has 1 rings (SSSR count). The van der Waals surface area contributed by atoms with E-state index < -0.39 is 11.9 Å². The van der Waals surface area contributed by atoms with Crippen LogP contribution < -0.4 is 0 Å². The molecule has 4 nitrogen and oxygen atoms in total. The molecule has 0 spiro atoms. The Morgan fingerprint density at radius 1 is 1.75 bits per heavy atom. The number of nitrogens with zero attached hydrogens (tertiary/aromatic N) is 1. The van der Waals surface area contributed by atoms with Crippen molar-refractivity contribution in [2.24, 2.45) is 5.92 Å². The molecule has 2 unspecified atom stereocenters. The summed E-state index contributed by atoms with van der Waals surface area (Å²) in [4.78, 5) is 22.7. The van der Waals surface area contributed by atoms with E-state index in [2.05, 4.69) is 0 Å². The Morgan fingerprint density at radius 2 is 2.33 bits per heavy atom. The predicted molar refractivity (Wildman–Crippen MR) is 42.2 cm³/mol. The third-order valence-electron chi connectivity index (χ3n) is 2.35. The van der Waals surface area contributed by atoms with E-state index in [1.54, 1.807) is 17.9 Å². The van der Waals surface area contributed by atoms with Crippen LogP contribution in [0.25, 0.3) is 0 Å². The van der Waals surface area contributed by atoms with Crippen LogP contribution in [0.15, 0.2) is 5.70 Å². The van der Waals surface area contributed by atoms with Crippen molar-refractivity contribution in [3.63, 3.8) is 0 Å². The molecule has 12 heavy (non-hydrogen) atoms. The number of carbonyl (C=O) groups is 1. The molecule has 0 saturated carbocycles. The standard InChI is InChI=1S/C8H11NO3/c1-5-3-6(8(11)12)7(4-10)9(5)2/h5-6H,3H2,1-2H3,(H,11,12). The van der Waals surface area contributed by atoms with Gasteiger partial charge >= 0.3 is 5.97 Å². The van der Waals surface area contributed by atoms with Crippen molar-refractivity contribution < 1.29 is 14.7 Å². The minimum absolute atomic E-state index is 0.113. The Labute approximate surface area is 70.5 Å². The number of carboxylic acids is 1. The van der Waals surface area contributed by atoms with E-state index >= 15 is 0 Å². The molecule has 2 atom stereocenters. The van der Waals surface area contributed by atoms with Crippen LogP contribution in [0.2, 0.25) is 0 Å². The molecular formula is C8H11NO3. The van der Waals surface area contributed by atoms with E-state index in [1.165, 1.54) is 0 Å². The van der Waals surface area contributed by atoms with Gasteiger partial charge in [-0.05, 0) is 13.3 Å². The normalized spacial score (nSPS) is 28.8. The van der Waals surface area contributed by atoms with Gasteiger partial charge in [0.2, 0.25) is 0 Å². The molecule has 66 valence electrons. The van der Waals surface area contributed by atoms with Gasteiger partial charge in [-0.3, -0.25) is 4.79 Å². The van der Waals surface area contributed by atoms with E-state index in [0.717, 1.165) is 0 Å². The van der Waals surface area contributed by atoms with Gasteiger partial charge in [-0.15, -0.1) is 0 Å². The lowest BCUT2D eigenvalue weighted by Gasteiger charge is -2.15. The van der Waals surface area contributed by atoms with Crippen molar-refractivity contribution in [3.8, 4) is 0 Å². The number of aliphatic carboxylic acids is 1. The fourth-order valence-corrected chi connectivity index (χ4v) is 1.45. The molecule has 1 heterocycles. The maximum absolute atomic E-state index is 10.6. The van der Waals surface area contributed by atoms with E-state index in [9.17, 15) is 9.59 Å². The Kier molecular flexibility index (Phi) is 2.20. The molecule has 1 saturated heterocycles. The molecule has 0 bridgehead atoms. The molecular weight excluding hydrogens is 158 g/mol. The van der Waals surface area contributed by atoms with Crippen LogP contribution in [-0.4, -0.2) is 35.0 Å². The van der Waals surface area contributed by atoms with Crippen molar-refractivity contribution in [3.05, 3.63) is 5.70 Å². The highest BCUT2D eigenvalue weighted by Crippen LogP contribution is 2.29. The zero-order chi connectivity index (χ0) is 9.30. The fraction of sp³-hybridized carbons (Fsp3) is 0.625. The molecule has 0 aromatic carbocycles. The second-order valence-corrected chi connectivity index (χ2v) is 3.07. The van der Waals surface area contributed by atoms with E-state index in [4.69, 9.17) is 5.11 Å². The maximum atomic E-state index is 10.6. The minimum Gasteiger partial charge on any atom is -0.481 e. The van der Waals surface area contributed by atoms with Gasteiger partial charge in [0.15, 0.2) is 0 Å². The number of carboxylic acid groups (broad SMARTS) is 1. The predicted octanol–water partition coefficient (Wildman–Crippen LogP) is 0.127. The van der Waals surface area contributed by atoms with Crippen LogP contribution in [0, 0.1) is 5.92 Å². The van der Waals surface area contributed by atoms with Gasteiger partial charge in [-0.2, -0.15) is 0 Å². The summed E-state index contributed by atoms with van der Waals surface area (Å²) in [7, 11) is 1.72. The second kappa shape index (κ2) is 2.99. The number of hydrogen-bond acceptors (Lipinski definition) is 3. The highest BCUT2D eigenvalue weighted by molar-refractivity contribution is 5.78. The Morgan fingerprint density at radius 3 is 2.67 bits per heavy atom. The van der Waals surface area contributed by atoms with Crippen LogP contribution in [0.4, 0.5) is 0 Å². The van der Waals surface area contributed by atoms with Crippen molar-refractivity contribution in [2.75, 3.05) is 7.05 Å². The van der Waals surface area contributed by atoms with Crippen LogP contribution in [0.5, 0.6) is 0 Å². The molecule has 1 N–H and O–H groups in total. The first-order valence-electron chi connectivity index (χ1n) is 3.78. The van der Waals surface area contributed by atoms with E-state index in [0.29, 0.717) is 6.42 Å². The quantitative estimate of drug-likeness (QED) is 0.567. The van der Waals surface area contributed by atoms with Crippen LogP contribution in [0.1, 0.15) is 13.3 Å². The third kappa shape index (κ3) is 1.21. The first kappa shape index (κ1) is 8.81. The Bertz CT molecular complexity index is 255. The number of carbonyl (C=O) groups excluding carboxylic acids is 1. The van der Waals surface area contributed by atoms with Crippen LogP contribution >= 0.6 is 0 Å². The van der Waals surface area contributed by atoms with Gasteiger partial charge in [0, 0.05) is 13.1 Å². The molecule has 0 aliphatic carbocycles. The zero-order valence-electron chi connectivity index (χ0n) is 7.07. The molecule has 1 aliphatic heterocycles. The third-order valence-corrected chi connectivity index (χ3v) is 2.35. The summed E-state index contributed by atoms with van der Waals surface area (Å²) < 4.78 is 0. The van der Waals surface area contributed by atoms with Crippen molar-refractivity contribution in [1.29, 1.82) is 0 Å². The first-order chi connectivity index (χ1) is 5.57. The minimum atomic E-state index is -0.940. The summed E-state index contributed by atoms with van der Waals surface area (Å²) in [5.74, 6) is 0.0827. The summed E-state index contributed by atoms with van der Waals surface area (Å²) in [5.41, 5.74) is 0.259. The summed E-state index contributed by atoms with van der Waals surface area (Å²) >= 11 is 0.